The molecule has 4 rings (SSSR count). The summed E-state index contributed by atoms with van der Waals surface area (Å²) < 4.78 is 45.0. The number of carbonyl (C=O) groups is 1. The average molecular weight is 483 g/mol. The van der Waals surface area contributed by atoms with E-state index in [9.17, 15) is 13.2 Å². The first-order valence-electron chi connectivity index (χ1n) is 10.8. The first-order chi connectivity index (χ1) is 16.4. The molecule has 178 valence electrons. The van der Waals surface area contributed by atoms with Crippen LogP contribution in [0.3, 0.4) is 0 Å². The van der Waals surface area contributed by atoms with Gasteiger partial charge in [-0.05, 0) is 43.3 Å². The molecule has 0 spiro atoms. The van der Waals surface area contributed by atoms with Crippen molar-refractivity contribution in [3.05, 3.63) is 78.4 Å². The molecule has 3 aromatic rings. The number of anilines is 1. The molecular formula is C25H26N2O6S. The minimum absolute atomic E-state index is 0.0810. The first kappa shape index (κ1) is 23.4. The fraction of sp³-hybridized carbons (Fsp3) is 0.240. The van der Waals surface area contributed by atoms with Crippen molar-refractivity contribution in [2.75, 3.05) is 31.1 Å². The van der Waals surface area contributed by atoms with E-state index in [1.807, 2.05) is 25.1 Å². The molecule has 0 saturated carbocycles. The van der Waals surface area contributed by atoms with Gasteiger partial charge in [0.2, 0.25) is 5.91 Å². The molecular weight excluding hydrogens is 456 g/mol. The molecule has 8 nitrogen and oxygen atoms in total. The Morgan fingerprint density at radius 1 is 1.03 bits per heavy atom. The van der Waals surface area contributed by atoms with E-state index in [-0.39, 0.29) is 23.7 Å². The van der Waals surface area contributed by atoms with Crippen LogP contribution in [0.2, 0.25) is 0 Å². The molecule has 0 fully saturated rings. The Morgan fingerprint density at radius 3 is 2.44 bits per heavy atom. The monoisotopic (exact) mass is 482 g/mol. The minimum Gasteiger partial charge on any atom is -0.495 e. The van der Waals surface area contributed by atoms with Crippen LogP contribution in [0.4, 0.5) is 5.69 Å². The van der Waals surface area contributed by atoms with Crippen LogP contribution in [0.25, 0.3) is 0 Å². The van der Waals surface area contributed by atoms with Crippen molar-refractivity contribution >= 4 is 21.6 Å². The minimum atomic E-state index is -4.05. The van der Waals surface area contributed by atoms with Crippen LogP contribution in [0.15, 0.2) is 77.7 Å². The molecule has 0 bridgehead atoms. The summed E-state index contributed by atoms with van der Waals surface area (Å²) in [6.07, 6.45) is -0.396. The lowest BCUT2D eigenvalue weighted by Crippen LogP contribution is -2.45. The van der Waals surface area contributed by atoms with Gasteiger partial charge in [-0.3, -0.25) is 9.10 Å². The molecule has 1 heterocycles. The number of nitrogens with one attached hydrogen (secondary N) is 1. The van der Waals surface area contributed by atoms with E-state index in [0.717, 1.165) is 9.87 Å². The van der Waals surface area contributed by atoms with E-state index in [4.69, 9.17) is 14.2 Å². The number of rotatable bonds is 8. The topological polar surface area (TPSA) is 94.2 Å². The number of sulfonamides is 1. The van der Waals surface area contributed by atoms with Gasteiger partial charge < -0.3 is 19.5 Å². The van der Waals surface area contributed by atoms with E-state index < -0.39 is 28.6 Å². The summed E-state index contributed by atoms with van der Waals surface area (Å²) in [6.45, 7) is 1.88. The van der Waals surface area contributed by atoms with E-state index in [0.29, 0.717) is 17.2 Å². The van der Waals surface area contributed by atoms with Gasteiger partial charge >= 0.3 is 0 Å². The van der Waals surface area contributed by atoms with Crippen molar-refractivity contribution in [1.29, 1.82) is 0 Å². The fourth-order valence-electron chi connectivity index (χ4n) is 3.55. The van der Waals surface area contributed by atoms with Crippen molar-refractivity contribution in [1.82, 2.24) is 5.32 Å². The number of para-hydroxylation sites is 4. The molecule has 34 heavy (non-hydrogen) atoms. The van der Waals surface area contributed by atoms with Crippen molar-refractivity contribution in [2.24, 2.45) is 0 Å². The second-order valence-electron chi connectivity index (χ2n) is 7.80. The largest absolute Gasteiger partial charge is 0.495 e. The number of aryl methyl sites for hydroxylation is 1. The smallest absolute Gasteiger partial charge is 0.264 e. The molecule has 9 heteroatoms. The van der Waals surface area contributed by atoms with Crippen molar-refractivity contribution in [3.8, 4) is 17.2 Å². The normalized spacial score (nSPS) is 14.8. The van der Waals surface area contributed by atoms with Crippen molar-refractivity contribution in [2.45, 2.75) is 17.9 Å². The van der Waals surface area contributed by atoms with Crippen LogP contribution in [-0.4, -0.2) is 47.2 Å². The van der Waals surface area contributed by atoms with Gasteiger partial charge in [0.1, 0.15) is 25.0 Å². The third-order valence-corrected chi connectivity index (χ3v) is 7.12. The highest BCUT2D eigenvalue weighted by Crippen LogP contribution is 2.32. The average Bonchev–Trinajstić information content (AvgIpc) is 2.86. The molecule has 1 aliphatic rings. The zero-order chi connectivity index (χ0) is 24.1. The number of ether oxygens (including phenoxy) is 3. The van der Waals surface area contributed by atoms with Gasteiger partial charge in [-0.25, -0.2) is 8.42 Å². The lowest BCUT2D eigenvalue weighted by Gasteiger charge is -2.28. The van der Waals surface area contributed by atoms with Crippen LogP contribution in [0.5, 0.6) is 17.2 Å². The number of benzene rings is 3. The van der Waals surface area contributed by atoms with Gasteiger partial charge in [-0.1, -0.05) is 42.0 Å². The number of carbonyl (C=O) groups excluding carboxylic acids is 1. The van der Waals surface area contributed by atoms with Crippen LogP contribution < -0.4 is 23.8 Å². The number of nitrogens with zero attached hydrogens (tertiary/aromatic N) is 1. The third-order valence-electron chi connectivity index (χ3n) is 5.34. The zero-order valence-electron chi connectivity index (χ0n) is 18.9. The second-order valence-corrected chi connectivity index (χ2v) is 9.66. The van der Waals surface area contributed by atoms with E-state index in [1.54, 1.807) is 42.5 Å². The molecule has 1 N–H and O–H groups in total. The first-order valence-corrected chi connectivity index (χ1v) is 12.2. The predicted molar refractivity (Wildman–Crippen MR) is 128 cm³/mol. The fourth-order valence-corrected chi connectivity index (χ4v) is 4.98. The van der Waals surface area contributed by atoms with E-state index in [1.165, 1.54) is 19.2 Å². The summed E-state index contributed by atoms with van der Waals surface area (Å²) in [5.41, 5.74) is 1.20. The Balaban J connectivity index is 1.53. The lowest BCUT2D eigenvalue weighted by atomic mass is 10.2. The van der Waals surface area contributed by atoms with Gasteiger partial charge in [0.05, 0.1) is 24.2 Å². The maximum absolute atomic E-state index is 13.5. The maximum Gasteiger partial charge on any atom is 0.264 e. The molecule has 0 unspecified atom stereocenters. The van der Waals surface area contributed by atoms with Crippen LogP contribution in [0.1, 0.15) is 5.56 Å². The number of amides is 1. The maximum atomic E-state index is 13.5. The summed E-state index contributed by atoms with van der Waals surface area (Å²) in [7, 11) is -2.59. The van der Waals surface area contributed by atoms with Crippen LogP contribution >= 0.6 is 0 Å². The Bertz CT molecular complexity index is 1260. The number of fused-ring (bicyclic) bond motifs is 1. The summed E-state index contributed by atoms with van der Waals surface area (Å²) in [5, 5.41) is 2.76. The summed E-state index contributed by atoms with van der Waals surface area (Å²) in [6, 6.07) is 20.4. The van der Waals surface area contributed by atoms with Gasteiger partial charge in [-0.15, -0.1) is 0 Å². The summed E-state index contributed by atoms with van der Waals surface area (Å²) in [5.74, 6) is 1.11. The molecule has 0 radical (unpaired) electrons. The van der Waals surface area contributed by atoms with Crippen LogP contribution in [0, 0.1) is 6.92 Å². The molecule has 0 aliphatic carbocycles. The highest BCUT2D eigenvalue weighted by Gasteiger charge is 2.30. The van der Waals surface area contributed by atoms with E-state index in [2.05, 4.69) is 5.32 Å². The molecule has 1 aliphatic heterocycles. The second kappa shape index (κ2) is 10.0. The molecule has 0 saturated heterocycles. The Labute approximate surface area is 199 Å². The Morgan fingerprint density at radius 2 is 1.71 bits per heavy atom. The molecule has 3 aromatic carbocycles. The van der Waals surface area contributed by atoms with Crippen molar-refractivity contribution < 1.29 is 27.4 Å². The number of hydrogen-bond acceptors (Lipinski definition) is 6. The Kier molecular flexibility index (Phi) is 6.93. The molecule has 1 atom stereocenters. The number of hydrogen-bond donors (Lipinski definition) is 1. The SMILES string of the molecule is COc1ccccc1N(CC(=O)NC[C@@H]1COc2ccccc2O1)S(=O)(=O)c1ccc(C)cc1. The number of methoxy groups -OCH3 is 1. The van der Waals surface area contributed by atoms with Crippen molar-refractivity contribution in [3.63, 3.8) is 0 Å². The van der Waals surface area contributed by atoms with Gasteiger partial charge in [0.25, 0.3) is 10.0 Å². The summed E-state index contributed by atoms with van der Waals surface area (Å²) >= 11 is 0. The van der Waals surface area contributed by atoms with Crippen LogP contribution in [-0.2, 0) is 14.8 Å². The Hall–Kier alpha value is -3.72. The van der Waals surface area contributed by atoms with Gasteiger partial charge in [-0.2, -0.15) is 0 Å². The van der Waals surface area contributed by atoms with Gasteiger partial charge in [0.15, 0.2) is 11.5 Å². The highest BCUT2D eigenvalue weighted by molar-refractivity contribution is 7.92. The lowest BCUT2D eigenvalue weighted by molar-refractivity contribution is -0.120. The third kappa shape index (κ3) is 5.09. The zero-order valence-corrected chi connectivity index (χ0v) is 19.7. The molecule has 1 amide bonds. The van der Waals surface area contributed by atoms with E-state index >= 15 is 0 Å². The standard InChI is InChI=1S/C25H26N2O6S/c1-18-11-13-20(14-12-18)34(29,30)27(21-7-3-4-8-22(21)31-2)16-25(28)26-15-19-17-32-23-9-5-6-10-24(23)33-19/h3-14,19H,15-17H2,1-2H3,(H,26,28)/t19-/m1/s1. The summed E-state index contributed by atoms with van der Waals surface area (Å²) in [4.78, 5) is 13.0. The molecule has 0 aromatic heterocycles. The van der Waals surface area contributed by atoms with Gasteiger partial charge in [0, 0.05) is 0 Å². The highest BCUT2D eigenvalue weighted by atomic mass is 32.2. The quantitative estimate of drug-likeness (QED) is 0.530. The predicted octanol–water partition coefficient (Wildman–Crippen LogP) is 3.16.